The van der Waals surface area contributed by atoms with Gasteiger partial charge in [-0.3, -0.25) is 14.6 Å². The molecule has 0 aliphatic rings. The highest BCUT2D eigenvalue weighted by atomic mass is 32.2. The highest BCUT2D eigenvalue weighted by Crippen LogP contribution is 2.28. The Morgan fingerprint density at radius 1 is 1.04 bits per heavy atom. The average Bonchev–Trinajstić information content (AvgIpc) is 2.65. The van der Waals surface area contributed by atoms with Gasteiger partial charge < -0.3 is 0 Å². The zero-order valence-electron chi connectivity index (χ0n) is 15.0. The van der Waals surface area contributed by atoms with E-state index in [4.69, 9.17) is 5.69 Å². The van der Waals surface area contributed by atoms with Crippen LogP contribution in [-0.4, -0.2) is 36.7 Å². The van der Waals surface area contributed by atoms with Crippen molar-refractivity contribution in [1.29, 1.82) is 0 Å². The largest absolute Gasteiger partial charge is 0.331 e. The molecule has 2 rings (SSSR count). The molecule has 4 nitrogen and oxygen atoms in total. The van der Waals surface area contributed by atoms with Gasteiger partial charge in [0.25, 0.3) is 5.91 Å². The Bertz CT molecular complexity index is 949. The molecule has 27 heavy (non-hydrogen) atoms. The molecule has 0 saturated carbocycles. The second-order valence-electron chi connectivity index (χ2n) is 5.72. The maximum atomic E-state index is 14.4. The summed E-state index contributed by atoms with van der Waals surface area (Å²) in [6, 6.07) is 6.21. The third-order valence-electron chi connectivity index (χ3n) is 4.02. The van der Waals surface area contributed by atoms with Crippen LogP contribution in [0.4, 0.5) is 23.7 Å². The van der Waals surface area contributed by atoms with E-state index in [1.54, 1.807) is 6.07 Å². The zero-order chi connectivity index (χ0) is 20.3. The van der Waals surface area contributed by atoms with E-state index in [-0.39, 0.29) is 5.69 Å². The number of thiol groups is 1. The highest BCUT2D eigenvalue weighted by molar-refractivity contribution is 8.06. The Morgan fingerprint density at radius 2 is 1.63 bits per heavy atom. The van der Waals surface area contributed by atoms with Crippen molar-refractivity contribution >= 4 is 27.9 Å². The Balaban J connectivity index is 2.29. The van der Waals surface area contributed by atoms with Gasteiger partial charge >= 0.3 is 6.03 Å². The van der Waals surface area contributed by atoms with E-state index >= 15 is 0 Å². The number of carbonyl (C=O) groups is 2. The molecule has 0 aromatic heterocycles. The lowest BCUT2D eigenvalue weighted by Gasteiger charge is -2.24. The van der Waals surface area contributed by atoms with Crippen LogP contribution in [0.25, 0.3) is 0 Å². The quantitative estimate of drug-likeness (QED) is 0.765. The molecule has 0 bridgehead atoms. The van der Waals surface area contributed by atoms with Crippen molar-refractivity contribution in [3.05, 3.63) is 59.4 Å². The molecule has 2 aromatic rings. The fourth-order valence-electron chi connectivity index (χ4n) is 2.41. The van der Waals surface area contributed by atoms with E-state index in [0.717, 1.165) is 30.1 Å². The highest BCUT2D eigenvalue weighted by Gasteiger charge is 2.28. The summed E-state index contributed by atoms with van der Waals surface area (Å²) in [4.78, 5) is 26.9. The Kier molecular flexibility index (Phi) is 6.36. The molecular formula is C19H19F3N2O2S. The summed E-state index contributed by atoms with van der Waals surface area (Å²) in [7, 11) is 1.33. The smallest absolute Gasteiger partial charge is 0.294 e. The molecule has 0 aliphatic carbocycles. The fraction of sp³-hybridized carbons (Fsp3) is 0.211. The maximum Gasteiger partial charge on any atom is 0.331 e. The summed E-state index contributed by atoms with van der Waals surface area (Å²) in [5, 5.41) is 0. The van der Waals surface area contributed by atoms with Crippen molar-refractivity contribution in [1.82, 2.24) is 4.90 Å². The zero-order valence-corrected chi connectivity index (χ0v) is 15.9. The number of imide groups is 1. The normalized spacial score (nSPS) is 11.7. The molecule has 0 aliphatic heterocycles. The summed E-state index contributed by atoms with van der Waals surface area (Å²) in [6.45, 7) is 1.88. The molecule has 1 atom stereocenters. The monoisotopic (exact) mass is 396 g/mol. The van der Waals surface area contributed by atoms with E-state index in [9.17, 15) is 22.8 Å². The van der Waals surface area contributed by atoms with Gasteiger partial charge in [-0.2, -0.15) is 10.3 Å². The van der Waals surface area contributed by atoms with E-state index in [2.05, 4.69) is 0 Å². The minimum absolute atomic E-state index is 0.0862. The molecular weight excluding hydrogens is 377 g/mol. The van der Waals surface area contributed by atoms with Crippen LogP contribution in [0.1, 0.15) is 17.3 Å². The van der Waals surface area contributed by atoms with E-state index in [0.29, 0.717) is 15.5 Å². The number of benzene rings is 2. The number of urea groups is 1. The molecule has 0 heterocycles. The van der Waals surface area contributed by atoms with Crippen molar-refractivity contribution in [2.45, 2.75) is 11.8 Å². The number of hydrogen-bond donors (Lipinski definition) is 1. The number of hydrogen-bond acceptors (Lipinski definition) is 2. The first kappa shape index (κ1) is 20.6. The fourth-order valence-corrected chi connectivity index (χ4v) is 3.32. The first-order valence-corrected chi connectivity index (χ1v) is 9.60. The minimum Gasteiger partial charge on any atom is -0.294 e. The molecule has 1 unspecified atom stereocenters. The van der Waals surface area contributed by atoms with Crippen LogP contribution in [-0.2, 0) is 0 Å². The molecule has 0 saturated heterocycles. The average molecular weight is 396 g/mol. The van der Waals surface area contributed by atoms with Crippen molar-refractivity contribution in [2.24, 2.45) is 0 Å². The van der Waals surface area contributed by atoms with Crippen molar-refractivity contribution < 1.29 is 22.8 Å². The number of nitrogens with zero attached hydrogens (tertiary/aromatic N) is 2. The molecule has 0 radical (unpaired) electrons. The van der Waals surface area contributed by atoms with Crippen molar-refractivity contribution in [3.8, 4) is 5.69 Å². The summed E-state index contributed by atoms with van der Waals surface area (Å²) < 4.78 is 42.0. The maximum absolute atomic E-state index is 14.4. The first-order chi connectivity index (χ1) is 12.7. The van der Waals surface area contributed by atoms with Gasteiger partial charge in [0, 0.05) is 14.1 Å². The van der Waals surface area contributed by atoms with Gasteiger partial charge in [-0.15, -0.1) is 5.69 Å². The van der Waals surface area contributed by atoms with Crippen LogP contribution in [0.2, 0.25) is 0 Å². The minimum atomic E-state index is -1.17. The predicted molar refractivity (Wildman–Crippen MR) is 101 cm³/mol. The summed E-state index contributed by atoms with van der Waals surface area (Å²) in [5.74, 6) is -3.36. The van der Waals surface area contributed by atoms with E-state index in [1.165, 1.54) is 19.2 Å². The Hall–Kier alpha value is -2.70. The van der Waals surface area contributed by atoms with Crippen LogP contribution in [0.3, 0.4) is 0 Å². The van der Waals surface area contributed by atoms with Crippen LogP contribution < -0.4 is 4.90 Å². The van der Waals surface area contributed by atoms with Gasteiger partial charge in [-0.05, 0) is 41.0 Å². The van der Waals surface area contributed by atoms with Gasteiger partial charge in [-0.1, -0.05) is 13.0 Å². The van der Waals surface area contributed by atoms with Gasteiger partial charge in [-0.25, -0.2) is 18.0 Å². The van der Waals surface area contributed by atoms with E-state index in [1.807, 2.05) is 6.92 Å². The molecule has 0 fully saturated rings. The Labute approximate surface area is 157 Å². The number of amides is 3. The lowest BCUT2D eigenvalue weighted by molar-refractivity contribution is 0.0827. The Morgan fingerprint density at radius 3 is 2.15 bits per heavy atom. The SMILES string of the molecule is C#[SH](CC)c1ccc(N(C)C(=O)N(C)C(=O)c2c(F)cccc2F)c(F)c1. The third kappa shape index (κ3) is 4.18. The van der Waals surface area contributed by atoms with Gasteiger partial charge in [0.15, 0.2) is 0 Å². The summed E-state index contributed by atoms with van der Waals surface area (Å²) in [5.41, 5.74) is 4.98. The van der Waals surface area contributed by atoms with Gasteiger partial charge in [0.2, 0.25) is 0 Å². The van der Waals surface area contributed by atoms with Crippen molar-refractivity contribution in [2.75, 3.05) is 24.7 Å². The second-order valence-corrected chi connectivity index (χ2v) is 7.81. The molecule has 144 valence electrons. The van der Waals surface area contributed by atoms with E-state index < -0.39 is 45.3 Å². The topological polar surface area (TPSA) is 40.6 Å². The lowest BCUT2D eigenvalue weighted by Crippen LogP contribution is -2.43. The predicted octanol–water partition coefficient (Wildman–Crippen LogP) is 4.40. The number of carbonyl (C=O) groups excluding carboxylic acids is 2. The standard InChI is InChI=1S/C19H19F3N2O2S/c1-5-27(4)12-9-10-16(15(22)11-12)23(2)19(26)24(3)18(25)17-13(20)7-6-8-14(17)21/h4,6-11,27H,5H2,1-3H3. The van der Waals surface area contributed by atoms with Gasteiger partial charge in [0.1, 0.15) is 23.0 Å². The number of anilines is 1. The molecule has 2 aromatic carbocycles. The first-order valence-electron chi connectivity index (χ1n) is 8.00. The molecule has 0 N–H and O–H groups in total. The van der Waals surface area contributed by atoms with Gasteiger partial charge in [0.05, 0.1) is 5.69 Å². The lowest BCUT2D eigenvalue weighted by atomic mass is 10.1. The van der Waals surface area contributed by atoms with Crippen LogP contribution in [0.5, 0.6) is 0 Å². The van der Waals surface area contributed by atoms with Crippen molar-refractivity contribution in [3.63, 3.8) is 0 Å². The second kappa shape index (κ2) is 8.33. The molecule has 3 amide bonds. The third-order valence-corrected chi connectivity index (χ3v) is 5.64. The number of rotatable bonds is 2. The summed E-state index contributed by atoms with van der Waals surface area (Å²) >= 11 is 0. The van der Waals surface area contributed by atoms with Crippen LogP contribution in [0.15, 0.2) is 41.3 Å². The van der Waals surface area contributed by atoms with Crippen LogP contribution >= 0.6 is 10.3 Å². The molecule has 0 spiro atoms. The molecule has 8 heteroatoms. The summed E-state index contributed by atoms with van der Waals surface area (Å²) in [6.07, 6.45) is 0. The number of halogens is 3. The van der Waals surface area contributed by atoms with Crippen LogP contribution in [0, 0.1) is 23.1 Å².